The fourth-order valence-electron chi connectivity index (χ4n) is 3.67. The number of rotatable bonds is 5. The van der Waals surface area contributed by atoms with Gasteiger partial charge in [-0.2, -0.15) is 0 Å². The van der Waals surface area contributed by atoms with Crippen molar-refractivity contribution >= 4 is 0 Å². The maximum atomic E-state index is 10.2. The van der Waals surface area contributed by atoms with Gasteiger partial charge in [0.2, 0.25) is 5.75 Å². The second-order valence-electron chi connectivity index (χ2n) is 6.90. The molecule has 0 unspecified atom stereocenters. The summed E-state index contributed by atoms with van der Waals surface area (Å²) < 4.78 is 22.2. The van der Waals surface area contributed by atoms with Crippen molar-refractivity contribution < 1.29 is 29.2 Å². The van der Waals surface area contributed by atoms with E-state index in [0.29, 0.717) is 17.2 Å². The van der Waals surface area contributed by atoms with Gasteiger partial charge in [-0.25, -0.2) is 0 Å². The molecular weight excluding hydrogens is 348 g/mol. The zero-order valence-electron chi connectivity index (χ0n) is 16.2. The van der Waals surface area contributed by atoms with E-state index >= 15 is 0 Å². The number of benzene rings is 2. The molecule has 27 heavy (non-hydrogen) atoms. The Morgan fingerprint density at radius 2 is 1.22 bits per heavy atom. The van der Waals surface area contributed by atoms with E-state index in [9.17, 15) is 10.2 Å². The summed E-state index contributed by atoms with van der Waals surface area (Å²) in [6.45, 7) is 4.28. The van der Waals surface area contributed by atoms with E-state index in [2.05, 4.69) is 13.8 Å². The van der Waals surface area contributed by atoms with Crippen molar-refractivity contribution in [1.29, 1.82) is 0 Å². The summed E-state index contributed by atoms with van der Waals surface area (Å²) in [5, 5.41) is 20.0. The molecule has 146 valence electrons. The lowest BCUT2D eigenvalue weighted by Crippen LogP contribution is -2.10. The van der Waals surface area contributed by atoms with Crippen LogP contribution < -0.4 is 14.2 Å². The average molecular weight is 374 g/mol. The molecule has 0 amide bonds. The molecule has 2 aromatic rings. The summed E-state index contributed by atoms with van der Waals surface area (Å²) in [7, 11) is 4.54. The van der Waals surface area contributed by atoms with E-state index in [1.54, 1.807) is 18.2 Å². The van der Waals surface area contributed by atoms with Gasteiger partial charge in [-0.05, 0) is 47.2 Å². The van der Waals surface area contributed by atoms with Gasteiger partial charge in [0, 0.05) is 0 Å². The highest BCUT2D eigenvalue weighted by molar-refractivity contribution is 5.53. The Bertz CT molecular complexity index is 793. The molecular formula is C21H26O6. The third-order valence-electron chi connectivity index (χ3n) is 5.44. The van der Waals surface area contributed by atoms with Gasteiger partial charge in [-0.15, -0.1) is 0 Å². The lowest BCUT2D eigenvalue weighted by Gasteiger charge is -2.19. The van der Waals surface area contributed by atoms with Crippen LogP contribution >= 0.6 is 0 Å². The van der Waals surface area contributed by atoms with Gasteiger partial charge in [0.1, 0.15) is 0 Å². The monoisotopic (exact) mass is 374 g/mol. The predicted octanol–water partition coefficient (Wildman–Crippen LogP) is 4.21. The number of aromatic hydroxyl groups is 2. The lowest BCUT2D eigenvalue weighted by atomic mass is 9.85. The molecule has 0 aromatic heterocycles. The first kappa shape index (κ1) is 19.2. The summed E-state index contributed by atoms with van der Waals surface area (Å²) in [5.41, 5.74) is 1.83. The first-order valence-electron chi connectivity index (χ1n) is 8.88. The SMILES string of the molecule is COc1cc([C@H]2O[C@H](c3cc(OC)c(O)c(OC)c3)[C@@H](C)[C@@H]2C)ccc1O. The minimum atomic E-state index is -0.187. The highest BCUT2D eigenvalue weighted by Crippen LogP contribution is 2.51. The molecule has 6 nitrogen and oxygen atoms in total. The molecule has 0 aliphatic carbocycles. The van der Waals surface area contributed by atoms with Gasteiger partial charge >= 0.3 is 0 Å². The minimum Gasteiger partial charge on any atom is -0.504 e. The van der Waals surface area contributed by atoms with Crippen LogP contribution in [-0.2, 0) is 4.74 Å². The Morgan fingerprint density at radius 1 is 0.741 bits per heavy atom. The molecule has 2 aromatic carbocycles. The second-order valence-corrected chi connectivity index (χ2v) is 6.90. The van der Waals surface area contributed by atoms with Gasteiger partial charge in [-0.3, -0.25) is 0 Å². The summed E-state index contributed by atoms with van der Waals surface area (Å²) in [6.07, 6.45) is -0.335. The van der Waals surface area contributed by atoms with Gasteiger partial charge < -0.3 is 29.2 Å². The van der Waals surface area contributed by atoms with Crippen LogP contribution in [0.3, 0.4) is 0 Å². The summed E-state index contributed by atoms with van der Waals surface area (Å²) in [5.74, 6) is 1.65. The minimum absolute atomic E-state index is 0.0257. The Labute approximate surface area is 159 Å². The molecule has 6 heteroatoms. The quantitative estimate of drug-likeness (QED) is 0.816. The molecule has 0 spiro atoms. The zero-order chi connectivity index (χ0) is 19.7. The molecule has 1 fully saturated rings. The molecule has 0 saturated carbocycles. The molecule has 1 heterocycles. The number of phenolic OH excluding ortho intramolecular Hbond substituents is 2. The van der Waals surface area contributed by atoms with Crippen molar-refractivity contribution in [1.82, 2.24) is 0 Å². The van der Waals surface area contributed by atoms with Crippen LogP contribution in [-0.4, -0.2) is 31.5 Å². The van der Waals surface area contributed by atoms with Gasteiger partial charge in [-0.1, -0.05) is 19.9 Å². The van der Waals surface area contributed by atoms with Crippen molar-refractivity contribution in [2.45, 2.75) is 26.1 Å². The molecule has 0 bridgehead atoms. The summed E-state index contributed by atoms with van der Waals surface area (Å²) in [6, 6.07) is 8.85. The van der Waals surface area contributed by atoms with E-state index in [4.69, 9.17) is 18.9 Å². The van der Waals surface area contributed by atoms with Crippen molar-refractivity contribution in [3.63, 3.8) is 0 Å². The number of hydrogen-bond donors (Lipinski definition) is 2. The van der Waals surface area contributed by atoms with E-state index < -0.39 is 0 Å². The molecule has 1 aliphatic rings. The lowest BCUT2D eigenvalue weighted by molar-refractivity contribution is 0.0286. The van der Waals surface area contributed by atoms with Crippen LogP contribution in [0.25, 0.3) is 0 Å². The maximum absolute atomic E-state index is 10.2. The van der Waals surface area contributed by atoms with E-state index in [1.165, 1.54) is 21.3 Å². The van der Waals surface area contributed by atoms with E-state index in [0.717, 1.165) is 11.1 Å². The zero-order valence-corrected chi connectivity index (χ0v) is 16.2. The van der Waals surface area contributed by atoms with Crippen molar-refractivity contribution in [3.05, 3.63) is 41.5 Å². The van der Waals surface area contributed by atoms with Crippen LogP contribution in [0.1, 0.15) is 37.2 Å². The number of phenols is 2. The van der Waals surface area contributed by atoms with E-state index in [1.807, 2.05) is 12.1 Å². The van der Waals surface area contributed by atoms with Crippen LogP contribution in [0, 0.1) is 11.8 Å². The molecule has 4 atom stereocenters. The molecule has 1 saturated heterocycles. The molecule has 2 N–H and O–H groups in total. The van der Waals surface area contributed by atoms with Gasteiger partial charge in [0.25, 0.3) is 0 Å². The smallest absolute Gasteiger partial charge is 0.200 e. The first-order chi connectivity index (χ1) is 12.9. The van der Waals surface area contributed by atoms with Crippen LogP contribution in [0.4, 0.5) is 0 Å². The fourth-order valence-corrected chi connectivity index (χ4v) is 3.67. The van der Waals surface area contributed by atoms with Crippen molar-refractivity contribution in [2.75, 3.05) is 21.3 Å². The predicted molar refractivity (Wildman–Crippen MR) is 101 cm³/mol. The molecule has 1 aliphatic heterocycles. The fraction of sp³-hybridized carbons (Fsp3) is 0.429. The Hall–Kier alpha value is -2.60. The topological polar surface area (TPSA) is 77.4 Å². The largest absolute Gasteiger partial charge is 0.504 e. The second kappa shape index (κ2) is 7.56. The van der Waals surface area contributed by atoms with Crippen LogP contribution in [0.15, 0.2) is 30.3 Å². The third-order valence-corrected chi connectivity index (χ3v) is 5.44. The average Bonchev–Trinajstić information content (AvgIpc) is 2.97. The third kappa shape index (κ3) is 3.37. The van der Waals surface area contributed by atoms with Crippen molar-refractivity contribution in [3.8, 4) is 28.7 Å². The number of hydrogen-bond acceptors (Lipinski definition) is 6. The number of ether oxygens (including phenoxy) is 4. The normalized spacial score (nSPS) is 24.6. The first-order valence-corrected chi connectivity index (χ1v) is 8.88. The van der Waals surface area contributed by atoms with Gasteiger partial charge in [0.05, 0.1) is 33.5 Å². The Balaban J connectivity index is 1.96. The number of methoxy groups -OCH3 is 3. The van der Waals surface area contributed by atoms with Crippen LogP contribution in [0.5, 0.6) is 28.7 Å². The molecule has 3 rings (SSSR count). The molecule has 0 radical (unpaired) electrons. The Kier molecular flexibility index (Phi) is 5.37. The van der Waals surface area contributed by atoms with Gasteiger partial charge in [0.15, 0.2) is 23.0 Å². The summed E-state index contributed by atoms with van der Waals surface area (Å²) >= 11 is 0. The Morgan fingerprint density at radius 3 is 1.74 bits per heavy atom. The highest BCUT2D eigenvalue weighted by Gasteiger charge is 2.41. The standard InChI is InChI=1S/C21H26O6/c1-11-12(2)21(14-9-17(25-4)19(23)18(10-14)26-5)27-20(11)13-6-7-15(22)16(8-13)24-3/h6-12,20-23H,1-5H3/t11-,12-,20-,21-/m0/s1. The van der Waals surface area contributed by atoms with Crippen LogP contribution in [0.2, 0.25) is 0 Å². The highest BCUT2D eigenvalue weighted by atomic mass is 16.5. The maximum Gasteiger partial charge on any atom is 0.200 e. The van der Waals surface area contributed by atoms with Crippen molar-refractivity contribution in [2.24, 2.45) is 11.8 Å². The van der Waals surface area contributed by atoms with E-state index in [-0.39, 0.29) is 35.5 Å². The summed E-state index contributed by atoms with van der Waals surface area (Å²) in [4.78, 5) is 0.